The molecular weight excluding hydrogens is 311 g/mol. The van der Waals surface area contributed by atoms with Crippen molar-refractivity contribution in [1.82, 2.24) is 10.6 Å². The van der Waals surface area contributed by atoms with Gasteiger partial charge < -0.3 is 16.4 Å². The van der Waals surface area contributed by atoms with E-state index < -0.39 is 29.2 Å². The maximum Gasteiger partial charge on any atom is 0.416 e. The van der Waals surface area contributed by atoms with Crippen molar-refractivity contribution in [2.24, 2.45) is 5.73 Å². The maximum atomic E-state index is 12.9. The number of amides is 3. The quantitative estimate of drug-likeness (QED) is 0.792. The van der Waals surface area contributed by atoms with Crippen LogP contribution in [0.5, 0.6) is 0 Å². The number of alkyl halides is 3. The van der Waals surface area contributed by atoms with E-state index in [1.54, 1.807) is 0 Å². The van der Waals surface area contributed by atoms with Gasteiger partial charge in [0, 0.05) is 6.54 Å². The lowest BCUT2D eigenvalue weighted by molar-refractivity contribution is -0.138. The van der Waals surface area contributed by atoms with Gasteiger partial charge in [-0.25, -0.2) is 4.79 Å². The third-order valence-electron chi connectivity index (χ3n) is 4.04. The van der Waals surface area contributed by atoms with E-state index in [4.69, 9.17) is 5.73 Å². The summed E-state index contributed by atoms with van der Waals surface area (Å²) in [6, 6.07) is 4.29. The second kappa shape index (κ2) is 6.47. The number of rotatable bonds is 4. The predicted molar refractivity (Wildman–Crippen MR) is 77.2 cm³/mol. The number of hydrogen-bond donors (Lipinski definition) is 3. The van der Waals surface area contributed by atoms with Crippen LogP contribution in [0.25, 0.3) is 0 Å². The topological polar surface area (TPSA) is 84.2 Å². The minimum Gasteiger partial charge on any atom is -0.368 e. The molecule has 0 aliphatic heterocycles. The lowest BCUT2D eigenvalue weighted by Crippen LogP contribution is -2.57. The Bertz CT molecular complexity index is 596. The molecule has 0 unspecified atom stereocenters. The van der Waals surface area contributed by atoms with Gasteiger partial charge in [0.1, 0.15) is 5.54 Å². The first-order chi connectivity index (χ1) is 10.7. The van der Waals surface area contributed by atoms with Gasteiger partial charge in [0.05, 0.1) is 5.56 Å². The Kier molecular flexibility index (Phi) is 4.82. The van der Waals surface area contributed by atoms with Crippen LogP contribution in [-0.2, 0) is 17.5 Å². The number of urea groups is 1. The molecule has 1 aliphatic rings. The molecular formula is C15H18F3N3O2. The van der Waals surface area contributed by atoms with Crippen LogP contribution in [0.4, 0.5) is 18.0 Å². The number of carbonyl (C=O) groups excluding carboxylic acids is 2. The lowest BCUT2D eigenvalue weighted by Gasteiger charge is -2.26. The third kappa shape index (κ3) is 3.94. The number of benzene rings is 1. The molecule has 4 N–H and O–H groups in total. The van der Waals surface area contributed by atoms with Gasteiger partial charge in [0.15, 0.2) is 0 Å². The zero-order chi connectivity index (χ0) is 17.1. The number of primary amides is 1. The number of halogens is 3. The van der Waals surface area contributed by atoms with Gasteiger partial charge >= 0.3 is 12.2 Å². The summed E-state index contributed by atoms with van der Waals surface area (Å²) in [6.45, 7) is -0.295. The Labute approximate surface area is 131 Å². The number of nitrogens with one attached hydrogen (secondary N) is 2. The van der Waals surface area contributed by atoms with Crippen molar-refractivity contribution in [2.75, 3.05) is 0 Å². The molecule has 0 radical (unpaired) electrons. The van der Waals surface area contributed by atoms with E-state index in [0.29, 0.717) is 12.8 Å². The lowest BCUT2D eigenvalue weighted by atomic mass is 9.97. The van der Waals surface area contributed by atoms with Gasteiger partial charge in [0.25, 0.3) is 0 Å². The fourth-order valence-electron chi connectivity index (χ4n) is 2.80. The monoisotopic (exact) mass is 329 g/mol. The highest BCUT2D eigenvalue weighted by molar-refractivity contribution is 5.90. The fourth-order valence-corrected chi connectivity index (χ4v) is 2.80. The molecule has 126 valence electrons. The van der Waals surface area contributed by atoms with Crippen LogP contribution >= 0.6 is 0 Å². The Hall–Kier alpha value is -2.25. The van der Waals surface area contributed by atoms with E-state index in [9.17, 15) is 22.8 Å². The minimum atomic E-state index is -4.49. The standard InChI is InChI=1S/C15H18F3N3O2/c16-15(17,18)11-6-2-1-5-10(11)9-20-13(23)21-14(12(19)22)7-3-4-8-14/h1-2,5-6H,3-4,7-9H2,(H2,19,22)(H2,20,21,23). The molecule has 8 heteroatoms. The van der Waals surface area contributed by atoms with Crippen molar-refractivity contribution >= 4 is 11.9 Å². The first-order valence-electron chi connectivity index (χ1n) is 7.26. The van der Waals surface area contributed by atoms with E-state index in [1.165, 1.54) is 18.2 Å². The number of hydrogen-bond acceptors (Lipinski definition) is 2. The molecule has 0 aromatic heterocycles. The summed E-state index contributed by atoms with van der Waals surface area (Å²) in [6.07, 6.45) is -2.08. The average Bonchev–Trinajstić information content (AvgIpc) is 2.94. The molecule has 3 amide bonds. The summed E-state index contributed by atoms with van der Waals surface area (Å²) < 4.78 is 38.6. The van der Waals surface area contributed by atoms with Crippen LogP contribution in [-0.4, -0.2) is 17.5 Å². The molecule has 0 atom stereocenters. The van der Waals surface area contributed by atoms with Gasteiger partial charge in [0.2, 0.25) is 5.91 Å². The van der Waals surface area contributed by atoms with Crippen molar-refractivity contribution in [2.45, 2.75) is 43.9 Å². The predicted octanol–water partition coefficient (Wildman–Crippen LogP) is 2.30. The molecule has 1 aliphatic carbocycles. The molecule has 0 spiro atoms. The van der Waals surface area contributed by atoms with Crippen LogP contribution in [0.3, 0.4) is 0 Å². The first kappa shape index (κ1) is 17.1. The Morgan fingerprint density at radius 3 is 2.35 bits per heavy atom. The van der Waals surface area contributed by atoms with Crippen molar-refractivity contribution in [3.63, 3.8) is 0 Å². The van der Waals surface area contributed by atoms with E-state index in [-0.39, 0.29) is 12.1 Å². The second-order valence-electron chi connectivity index (χ2n) is 5.62. The Balaban J connectivity index is 2.02. The molecule has 0 saturated heterocycles. The van der Waals surface area contributed by atoms with Crippen LogP contribution < -0.4 is 16.4 Å². The molecule has 2 rings (SSSR count). The van der Waals surface area contributed by atoms with Gasteiger partial charge in [-0.1, -0.05) is 31.0 Å². The van der Waals surface area contributed by atoms with Crippen LogP contribution in [0, 0.1) is 0 Å². The highest BCUT2D eigenvalue weighted by atomic mass is 19.4. The van der Waals surface area contributed by atoms with Gasteiger partial charge in [-0.05, 0) is 24.5 Å². The summed E-state index contributed by atoms with van der Waals surface area (Å²) in [4.78, 5) is 23.5. The highest BCUT2D eigenvalue weighted by Crippen LogP contribution is 2.32. The molecule has 1 fully saturated rings. The molecule has 1 aromatic carbocycles. The minimum absolute atomic E-state index is 0.0466. The van der Waals surface area contributed by atoms with Crippen molar-refractivity contribution < 1.29 is 22.8 Å². The Morgan fingerprint density at radius 1 is 1.17 bits per heavy atom. The summed E-state index contributed by atoms with van der Waals surface area (Å²) >= 11 is 0. The fraction of sp³-hybridized carbons (Fsp3) is 0.467. The Morgan fingerprint density at radius 2 is 1.78 bits per heavy atom. The second-order valence-corrected chi connectivity index (χ2v) is 5.62. The maximum absolute atomic E-state index is 12.9. The van der Waals surface area contributed by atoms with Crippen LogP contribution in [0.2, 0.25) is 0 Å². The van der Waals surface area contributed by atoms with E-state index in [0.717, 1.165) is 18.9 Å². The summed E-state index contributed by atoms with van der Waals surface area (Å²) in [5.74, 6) is -0.624. The highest BCUT2D eigenvalue weighted by Gasteiger charge is 2.41. The van der Waals surface area contributed by atoms with Gasteiger partial charge in [-0.2, -0.15) is 13.2 Å². The van der Waals surface area contributed by atoms with Crippen molar-refractivity contribution in [3.05, 3.63) is 35.4 Å². The molecule has 23 heavy (non-hydrogen) atoms. The normalized spacial score (nSPS) is 16.8. The summed E-state index contributed by atoms with van der Waals surface area (Å²) in [7, 11) is 0. The molecule has 1 saturated carbocycles. The molecule has 5 nitrogen and oxygen atoms in total. The zero-order valence-electron chi connectivity index (χ0n) is 12.4. The SMILES string of the molecule is NC(=O)C1(NC(=O)NCc2ccccc2C(F)(F)F)CCCC1. The van der Waals surface area contributed by atoms with Crippen LogP contribution in [0.15, 0.2) is 24.3 Å². The summed E-state index contributed by atoms with van der Waals surface area (Å²) in [5, 5.41) is 4.87. The molecule has 0 heterocycles. The van der Waals surface area contributed by atoms with E-state index in [2.05, 4.69) is 10.6 Å². The first-order valence-corrected chi connectivity index (χ1v) is 7.26. The molecule has 0 bridgehead atoms. The molecule has 1 aromatic rings. The summed E-state index contributed by atoms with van der Waals surface area (Å²) in [5.41, 5.74) is 3.39. The van der Waals surface area contributed by atoms with E-state index >= 15 is 0 Å². The number of carbonyl (C=O) groups is 2. The van der Waals surface area contributed by atoms with Crippen molar-refractivity contribution in [1.29, 1.82) is 0 Å². The van der Waals surface area contributed by atoms with Gasteiger partial charge in [-0.15, -0.1) is 0 Å². The smallest absolute Gasteiger partial charge is 0.368 e. The zero-order valence-corrected chi connectivity index (χ0v) is 12.4. The van der Waals surface area contributed by atoms with Gasteiger partial charge in [-0.3, -0.25) is 4.79 Å². The van der Waals surface area contributed by atoms with Crippen molar-refractivity contribution in [3.8, 4) is 0 Å². The van der Waals surface area contributed by atoms with Crippen LogP contribution in [0.1, 0.15) is 36.8 Å². The third-order valence-corrected chi connectivity index (χ3v) is 4.04. The largest absolute Gasteiger partial charge is 0.416 e. The average molecular weight is 329 g/mol. The van der Waals surface area contributed by atoms with E-state index in [1.807, 2.05) is 0 Å². The number of nitrogens with two attached hydrogens (primary N) is 1.